The molecule has 0 saturated heterocycles. The van der Waals surface area contributed by atoms with Gasteiger partial charge in [-0.3, -0.25) is 0 Å². The van der Waals surface area contributed by atoms with Crippen LogP contribution in [-0.2, 0) is 10.0 Å². The van der Waals surface area contributed by atoms with E-state index in [9.17, 15) is 13.5 Å². The summed E-state index contributed by atoms with van der Waals surface area (Å²) >= 11 is 0. The zero-order valence-electron chi connectivity index (χ0n) is 12.5. The van der Waals surface area contributed by atoms with Crippen LogP contribution in [0, 0.1) is 0 Å². The van der Waals surface area contributed by atoms with Crippen molar-refractivity contribution in [1.82, 2.24) is 9.29 Å². The third kappa shape index (κ3) is 3.36. The molecule has 0 aromatic carbocycles. The summed E-state index contributed by atoms with van der Waals surface area (Å²) < 4.78 is 26.8. The Kier molecular flexibility index (Phi) is 5.18. The van der Waals surface area contributed by atoms with Gasteiger partial charge in [-0.2, -0.15) is 4.31 Å². The maximum Gasteiger partial charge on any atom is 0.262 e. The maximum absolute atomic E-state index is 12.8. The second-order valence-corrected chi connectivity index (χ2v) is 7.24. The fourth-order valence-corrected chi connectivity index (χ4v) is 4.24. The Morgan fingerprint density at radius 1 is 1.43 bits per heavy atom. The number of sulfonamides is 1. The van der Waals surface area contributed by atoms with Gasteiger partial charge in [-0.05, 0) is 31.9 Å². The molecule has 1 saturated carbocycles. The quantitative estimate of drug-likeness (QED) is 0.859. The molecule has 7 heteroatoms. The van der Waals surface area contributed by atoms with Gasteiger partial charge in [0.25, 0.3) is 10.0 Å². The minimum atomic E-state index is -3.72. The number of likely N-dealkylation sites (N-methyl/N-ethyl adjacent to an activating group) is 1. The van der Waals surface area contributed by atoms with Crippen molar-refractivity contribution in [3.05, 3.63) is 18.3 Å². The first-order valence-electron chi connectivity index (χ1n) is 7.33. The number of hydrogen-bond donors (Lipinski definition) is 2. The van der Waals surface area contributed by atoms with Crippen molar-refractivity contribution in [3.8, 4) is 0 Å². The highest BCUT2D eigenvalue weighted by molar-refractivity contribution is 7.89. The number of aromatic nitrogens is 1. The van der Waals surface area contributed by atoms with Crippen LogP contribution in [0.25, 0.3) is 0 Å². The molecule has 1 aliphatic carbocycles. The zero-order valence-corrected chi connectivity index (χ0v) is 13.3. The summed E-state index contributed by atoms with van der Waals surface area (Å²) in [6.45, 7) is 2.52. The van der Waals surface area contributed by atoms with E-state index in [2.05, 4.69) is 10.3 Å². The van der Waals surface area contributed by atoms with Gasteiger partial charge in [0, 0.05) is 19.8 Å². The molecule has 1 aliphatic rings. The number of aliphatic hydroxyl groups excluding tert-OH is 1. The second-order valence-electron chi connectivity index (χ2n) is 5.33. The van der Waals surface area contributed by atoms with Crippen LogP contribution >= 0.6 is 0 Å². The predicted octanol–water partition coefficient (Wildman–Crippen LogP) is 1.44. The molecule has 0 spiro atoms. The molecule has 1 aromatic heterocycles. The standard InChI is InChI=1S/C14H23N3O3S/c1-3-15-11-7-6-10-16-14(11)21(19,20)17(2)12-8-4-5-9-13(12)18/h6-7,10,12-13,15,18H,3-5,8-9H2,1-2H3. The number of pyridine rings is 1. The van der Waals surface area contributed by atoms with Crippen molar-refractivity contribution < 1.29 is 13.5 Å². The van der Waals surface area contributed by atoms with Crippen LogP contribution in [0.15, 0.2) is 23.4 Å². The zero-order chi connectivity index (χ0) is 15.5. The van der Waals surface area contributed by atoms with Gasteiger partial charge in [-0.15, -0.1) is 0 Å². The summed E-state index contributed by atoms with van der Waals surface area (Å²) in [4.78, 5) is 4.04. The van der Waals surface area contributed by atoms with E-state index >= 15 is 0 Å². The Morgan fingerprint density at radius 3 is 2.81 bits per heavy atom. The second kappa shape index (κ2) is 6.72. The van der Waals surface area contributed by atoms with E-state index in [1.54, 1.807) is 12.1 Å². The number of nitrogens with zero attached hydrogens (tertiary/aromatic N) is 2. The van der Waals surface area contributed by atoms with Crippen LogP contribution in [0.3, 0.4) is 0 Å². The molecule has 0 amide bonds. The lowest BCUT2D eigenvalue weighted by Crippen LogP contribution is -2.46. The third-order valence-electron chi connectivity index (χ3n) is 3.92. The number of hydrogen-bond acceptors (Lipinski definition) is 5. The summed E-state index contributed by atoms with van der Waals surface area (Å²) in [5.74, 6) is 0. The van der Waals surface area contributed by atoms with Crippen LogP contribution in [0.5, 0.6) is 0 Å². The summed E-state index contributed by atoms with van der Waals surface area (Å²) in [6.07, 6.45) is 4.07. The largest absolute Gasteiger partial charge is 0.391 e. The topological polar surface area (TPSA) is 82.5 Å². The van der Waals surface area contributed by atoms with Gasteiger partial charge in [-0.25, -0.2) is 13.4 Å². The van der Waals surface area contributed by atoms with Crippen LogP contribution in [-0.4, -0.2) is 48.6 Å². The Morgan fingerprint density at radius 2 is 2.14 bits per heavy atom. The lowest BCUT2D eigenvalue weighted by atomic mass is 9.93. The SMILES string of the molecule is CCNc1cccnc1S(=O)(=O)N(C)C1CCCCC1O. The fourth-order valence-electron chi connectivity index (χ4n) is 2.75. The number of anilines is 1. The van der Waals surface area contributed by atoms with Gasteiger partial charge in [0.1, 0.15) is 0 Å². The van der Waals surface area contributed by atoms with E-state index in [0.717, 1.165) is 12.8 Å². The Balaban J connectivity index is 2.32. The predicted molar refractivity (Wildman–Crippen MR) is 81.6 cm³/mol. The van der Waals surface area contributed by atoms with Gasteiger partial charge in [0.2, 0.25) is 0 Å². The minimum Gasteiger partial charge on any atom is -0.391 e. The molecule has 21 heavy (non-hydrogen) atoms. The lowest BCUT2D eigenvalue weighted by molar-refractivity contribution is 0.0637. The van der Waals surface area contributed by atoms with Crippen molar-refractivity contribution >= 4 is 15.7 Å². The first kappa shape index (κ1) is 16.2. The summed E-state index contributed by atoms with van der Waals surface area (Å²) in [5, 5.41) is 13.1. The first-order chi connectivity index (χ1) is 9.98. The first-order valence-corrected chi connectivity index (χ1v) is 8.77. The molecule has 2 rings (SSSR count). The average Bonchev–Trinajstić information content (AvgIpc) is 2.48. The van der Waals surface area contributed by atoms with Gasteiger partial charge in [0.05, 0.1) is 17.8 Å². The molecule has 0 bridgehead atoms. The van der Waals surface area contributed by atoms with Crippen LogP contribution in [0.1, 0.15) is 32.6 Å². The van der Waals surface area contributed by atoms with Gasteiger partial charge >= 0.3 is 0 Å². The van der Waals surface area contributed by atoms with E-state index in [1.807, 2.05) is 6.92 Å². The fraction of sp³-hybridized carbons (Fsp3) is 0.643. The molecule has 6 nitrogen and oxygen atoms in total. The normalized spacial score (nSPS) is 23.2. The molecule has 2 atom stereocenters. The lowest BCUT2D eigenvalue weighted by Gasteiger charge is -2.34. The summed E-state index contributed by atoms with van der Waals surface area (Å²) in [5.41, 5.74) is 0.497. The van der Waals surface area contributed by atoms with Crippen molar-refractivity contribution in [2.45, 2.75) is 49.8 Å². The molecule has 2 unspecified atom stereocenters. The third-order valence-corrected chi connectivity index (χ3v) is 5.77. The van der Waals surface area contributed by atoms with E-state index in [4.69, 9.17) is 0 Å². The average molecular weight is 313 g/mol. The highest BCUT2D eigenvalue weighted by Crippen LogP contribution is 2.28. The number of nitrogens with one attached hydrogen (secondary N) is 1. The molecule has 1 fully saturated rings. The summed E-state index contributed by atoms with van der Waals surface area (Å²) in [7, 11) is -2.20. The van der Waals surface area contributed by atoms with Crippen LogP contribution < -0.4 is 5.32 Å². The Labute approximate surface area is 126 Å². The van der Waals surface area contributed by atoms with E-state index in [0.29, 0.717) is 25.1 Å². The van der Waals surface area contributed by atoms with Crippen molar-refractivity contribution in [1.29, 1.82) is 0 Å². The van der Waals surface area contributed by atoms with Gasteiger partial charge < -0.3 is 10.4 Å². The Bertz CT molecular complexity index is 577. The highest BCUT2D eigenvalue weighted by Gasteiger charge is 2.35. The molecule has 0 radical (unpaired) electrons. The molecule has 0 aliphatic heterocycles. The van der Waals surface area contributed by atoms with Gasteiger partial charge in [0.15, 0.2) is 5.03 Å². The van der Waals surface area contributed by atoms with Crippen LogP contribution in [0.2, 0.25) is 0 Å². The van der Waals surface area contributed by atoms with Crippen molar-refractivity contribution in [2.24, 2.45) is 0 Å². The molecular formula is C14H23N3O3S. The summed E-state index contributed by atoms with van der Waals surface area (Å²) in [6, 6.07) is 3.03. The van der Waals surface area contributed by atoms with E-state index < -0.39 is 16.1 Å². The Hall–Kier alpha value is -1.18. The van der Waals surface area contributed by atoms with Gasteiger partial charge in [-0.1, -0.05) is 12.8 Å². The molecule has 2 N–H and O–H groups in total. The number of aliphatic hydroxyl groups is 1. The molecular weight excluding hydrogens is 290 g/mol. The molecule has 1 aromatic rings. The molecule has 1 heterocycles. The van der Waals surface area contributed by atoms with Crippen LogP contribution in [0.4, 0.5) is 5.69 Å². The van der Waals surface area contributed by atoms with E-state index in [1.165, 1.54) is 17.5 Å². The maximum atomic E-state index is 12.8. The van der Waals surface area contributed by atoms with E-state index in [-0.39, 0.29) is 11.1 Å². The van der Waals surface area contributed by atoms with Crippen molar-refractivity contribution in [3.63, 3.8) is 0 Å². The monoisotopic (exact) mass is 313 g/mol. The minimum absolute atomic E-state index is 0.0205. The van der Waals surface area contributed by atoms with Crippen molar-refractivity contribution in [2.75, 3.05) is 18.9 Å². The highest BCUT2D eigenvalue weighted by atomic mass is 32.2. The molecule has 118 valence electrons. The smallest absolute Gasteiger partial charge is 0.262 e. The number of rotatable bonds is 5.